The monoisotopic (exact) mass is 746 g/mol. The third-order valence-electron chi connectivity index (χ3n) is 12.6. The van der Waals surface area contributed by atoms with Gasteiger partial charge >= 0.3 is 6.85 Å². The maximum absolute atomic E-state index is 2.67. The summed E-state index contributed by atoms with van der Waals surface area (Å²) < 4.78 is 5.25. The Hall–Kier alpha value is -6.36. The molecule has 0 atom stereocenters. The highest BCUT2D eigenvalue weighted by Gasteiger charge is 2.45. The Morgan fingerprint density at radius 3 is 2.05 bits per heavy atom. The van der Waals surface area contributed by atoms with Crippen LogP contribution in [0.3, 0.4) is 0 Å². The van der Waals surface area contributed by atoms with Crippen molar-refractivity contribution in [3.8, 4) is 39.1 Å². The van der Waals surface area contributed by atoms with Gasteiger partial charge in [-0.2, -0.15) is 0 Å². The largest absolute Gasteiger partial charge is 0.376 e. The van der Waals surface area contributed by atoms with Crippen LogP contribution in [0.2, 0.25) is 0 Å². The van der Waals surface area contributed by atoms with Gasteiger partial charge in [0.15, 0.2) is 0 Å². The van der Waals surface area contributed by atoms with Crippen molar-refractivity contribution < 1.29 is 0 Å². The van der Waals surface area contributed by atoms with E-state index in [1.54, 1.807) is 0 Å². The average molecular weight is 747 g/mol. The van der Waals surface area contributed by atoms with Gasteiger partial charge in [0.25, 0.3) is 0 Å². The summed E-state index contributed by atoms with van der Waals surface area (Å²) in [5.74, 6) is 0. The lowest BCUT2D eigenvalue weighted by molar-refractivity contribution is 0.590. The van der Waals surface area contributed by atoms with E-state index in [2.05, 4.69) is 201 Å². The highest BCUT2D eigenvalue weighted by atomic mass is 32.1. The maximum Gasteiger partial charge on any atom is 0.333 e. The van der Waals surface area contributed by atoms with E-state index in [9.17, 15) is 0 Å². The first-order chi connectivity index (χ1) is 27.8. The van der Waals surface area contributed by atoms with Crippen LogP contribution in [0, 0.1) is 6.92 Å². The van der Waals surface area contributed by atoms with Crippen LogP contribution in [0.1, 0.15) is 31.9 Å². The van der Waals surface area contributed by atoms with Crippen LogP contribution in [0.25, 0.3) is 81.0 Å². The van der Waals surface area contributed by atoms with E-state index in [0.717, 1.165) is 0 Å². The smallest absolute Gasteiger partial charge is 0.333 e. The molecule has 2 nitrogen and oxygen atoms in total. The predicted octanol–water partition coefficient (Wildman–Crippen LogP) is 13.3. The lowest BCUT2D eigenvalue weighted by Crippen LogP contribution is -2.60. The SMILES string of the molecule is Cc1ccc(N2B3c4cc(C(C)(C)C)ccc4-n4c5ccccc5c5c(-c6ccccc6-c6ccccc6)cc(c3c54)-c3cc4c(cc32)sc2ccccc24)cc1. The molecule has 2 aliphatic rings. The molecule has 0 N–H and O–H groups in total. The van der Waals surface area contributed by atoms with E-state index in [1.165, 1.54) is 114 Å². The average Bonchev–Trinajstić information content (AvgIpc) is 3.78. The third kappa shape index (κ3) is 4.65. The number of para-hydroxylation sites is 1. The first kappa shape index (κ1) is 32.8. The number of aryl methyl sites for hydroxylation is 1. The summed E-state index contributed by atoms with van der Waals surface area (Å²) in [4.78, 5) is 2.67. The second-order valence-electron chi connectivity index (χ2n) is 17.0. The summed E-state index contributed by atoms with van der Waals surface area (Å²) in [6.07, 6.45) is 0. The highest BCUT2D eigenvalue weighted by Crippen LogP contribution is 2.51. The zero-order valence-electron chi connectivity index (χ0n) is 32.5. The van der Waals surface area contributed by atoms with Crippen LogP contribution in [0.4, 0.5) is 11.4 Å². The van der Waals surface area contributed by atoms with Gasteiger partial charge in [-0.15, -0.1) is 11.3 Å². The lowest BCUT2D eigenvalue weighted by Gasteiger charge is -2.42. The van der Waals surface area contributed by atoms with Gasteiger partial charge in [0.2, 0.25) is 0 Å². The minimum absolute atomic E-state index is 0.0122. The van der Waals surface area contributed by atoms with Crippen LogP contribution in [0.5, 0.6) is 0 Å². The van der Waals surface area contributed by atoms with E-state index in [0.29, 0.717) is 0 Å². The van der Waals surface area contributed by atoms with Crippen molar-refractivity contribution >= 4 is 82.5 Å². The fraction of sp³-hybridized carbons (Fsp3) is 0.0943. The molecule has 8 aromatic carbocycles. The zero-order valence-corrected chi connectivity index (χ0v) is 33.3. The summed E-state index contributed by atoms with van der Waals surface area (Å²) in [5, 5.41) is 5.24. The van der Waals surface area contributed by atoms with E-state index in [4.69, 9.17) is 0 Å². The van der Waals surface area contributed by atoms with Crippen molar-refractivity contribution in [1.82, 2.24) is 4.57 Å². The molecule has 0 aliphatic carbocycles. The maximum atomic E-state index is 2.67. The highest BCUT2D eigenvalue weighted by molar-refractivity contribution is 7.25. The van der Waals surface area contributed by atoms with E-state index in [1.807, 2.05) is 11.3 Å². The number of aromatic nitrogens is 1. The molecule has 0 unspecified atom stereocenters. The van der Waals surface area contributed by atoms with Gasteiger partial charge in [0, 0.05) is 53.6 Å². The Morgan fingerprint density at radius 1 is 0.526 bits per heavy atom. The van der Waals surface area contributed by atoms with Crippen molar-refractivity contribution in [3.05, 3.63) is 175 Å². The Morgan fingerprint density at radius 2 is 1.25 bits per heavy atom. The quantitative estimate of drug-likeness (QED) is 0.163. The van der Waals surface area contributed by atoms with Crippen molar-refractivity contribution in [3.63, 3.8) is 0 Å². The molecular weight excluding hydrogens is 707 g/mol. The minimum Gasteiger partial charge on any atom is -0.376 e. The molecule has 2 aromatic heterocycles. The molecule has 4 heteroatoms. The molecule has 0 bridgehead atoms. The molecule has 270 valence electrons. The van der Waals surface area contributed by atoms with Crippen LogP contribution in [-0.4, -0.2) is 11.4 Å². The van der Waals surface area contributed by atoms with Gasteiger partial charge in [0.1, 0.15) is 0 Å². The zero-order chi connectivity index (χ0) is 38.2. The van der Waals surface area contributed by atoms with E-state index >= 15 is 0 Å². The van der Waals surface area contributed by atoms with Crippen LogP contribution in [-0.2, 0) is 5.41 Å². The molecule has 0 amide bonds. The Labute approximate surface area is 337 Å². The van der Waals surface area contributed by atoms with Crippen LogP contribution in [0.15, 0.2) is 164 Å². The van der Waals surface area contributed by atoms with Crippen molar-refractivity contribution in [2.24, 2.45) is 0 Å². The predicted molar refractivity (Wildman–Crippen MR) is 247 cm³/mol. The Kier molecular flexibility index (Phi) is 6.82. The summed E-state index contributed by atoms with van der Waals surface area (Å²) in [7, 11) is 0. The number of hydrogen-bond acceptors (Lipinski definition) is 2. The second kappa shape index (κ2) is 11.8. The lowest BCUT2D eigenvalue weighted by atomic mass is 9.43. The minimum atomic E-state index is -0.0444. The first-order valence-electron chi connectivity index (χ1n) is 20.0. The van der Waals surface area contributed by atoms with Gasteiger partial charge in [-0.25, -0.2) is 0 Å². The number of benzene rings is 8. The summed E-state index contributed by atoms with van der Waals surface area (Å²) in [6, 6.07) is 62.0. The molecule has 4 heterocycles. The first-order valence-corrected chi connectivity index (χ1v) is 20.9. The molecule has 0 saturated heterocycles. The molecule has 0 fully saturated rings. The number of anilines is 2. The summed E-state index contributed by atoms with van der Waals surface area (Å²) in [5.41, 5.74) is 19.2. The molecule has 10 aromatic rings. The molecule has 0 spiro atoms. The van der Waals surface area contributed by atoms with Gasteiger partial charge in [-0.3, -0.25) is 0 Å². The number of thiophene rings is 1. The number of rotatable bonds is 3. The van der Waals surface area contributed by atoms with E-state index in [-0.39, 0.29) is 12.3 Å². The molecule has 2 aliphatic heterocycles. The van der Waals surface area contributed by atoms with Gasteiger partial charge in [-0.05, 0) is 105 Å². The van der Waals surface area contributed by atoms with Gasteiger partial charge < -0.3 is 9.38 Å². The molecule has 0 saturated carbocycles. The number of nitrogens with zero attached hydrogens (tertiary/aromatic N) is 2. The molecule has 0 radical (unpaired) electrons. The summed E-state index contributed by atoms with van der Waals surface area (Å²) >= 11 is 1.90. The van der Waals surface area contributed by atoms with Crippen molar-refractivity contribution in [1.29, 1.82) is 0 Å². The molecular formula is C53H39BN2S. The Bertz CT molecular complexity index is 3290. The fourth-order valence-corrected chi connectivity index (χ4v) is 11.0. The molecule has 12 rings (SSSR count). The number of fused-ring (bicyclic) bond motifs is 11. The topological polar surface area (TPSA) is 8.17 Å². The number of hydrogen-bond donors (Lipinski definition) is 0. The Balaban J connectivity index is 1.30. The van der Waals surface area contributed by atoms with Gasteiger partial charge in [0.05, 0.1) is 11.0 Å². The molecule has 57 heavy (non-hydrogen) atoms. The third-order valence-corrected chi connectivity index (χ3v) is 13.7. The normalized spacial score (nSPS) is 13.2. The van der Waals surface area contributed by atoms with Crippen LogP contribution < -0.4 is 15.7 Å². The standard InChI is InChI=1S/C53H39BN2S/c1-32-22-25-35(26-23-32)56-47-31-49-41(38-18-11-13-21-48(38)57-49)29-40(47)43-30-42(37-17-9-8-16-36(37)33-14-6-5-7-15-33)50-39-19-10-12-20-45(39)55-46-27-24-34(53(2,3)4)28-44(46)54(56)51(43)52(50)55/h5-31H,1-4H3. The summed E-state index contributed by atoms with van der Waals surface area (Å²) in [6.45, 7) is 9.15. The van der Waals surface area contributed by atoms with Crippen molar-refractivity contribution in [2.75, 3.05) is 4.81 Å². The van der Waals surface area contributed by atoms with E-state index < -0.39 is 0 Å². The second-order valence-corrected chi connectivity index (χ2v) is 18.1. The fourth-order valence-electron chi connectivity index (χ4n) is 9.91. The van der Waals surface area contributed by atoms with Gasteiger partial charge in [-0.1, -0.05) is 142 Å². The van der Waals surface area contributed by atoms with Crippen LogP contribution >= 0.6 is 11.3 Å². The van der Waals surface area contributed by atoms with Crippen molar-refractivity contribution in [2.45, 2.75) is 33.1 Å².